The summed E-state index contributed by atoms with van der Waals surface area (Å²) in [5.74, 6) is -1.52. The highest BCUT2D eigenvalue weighted by Gasteiger charge is 2.21. The first-order valence-electron chi connectivity index (χ1n) is 4.41. The molecule has 0 amide bonds. The van der Waals surface area contributed by atoms with E-state index in [0.717, 1.165) is 6.07 Å². The normalized spacial score (nSPS) is 12.4. The highest BCUT2D eigenvalue weighted by Crippen LogP contribution is 2.23. The topological polar surface area (TPSA) is 46.5 Å². The lowest BCUT2D eigenvalue weighted by molar-refractivity contribution is -0.150. The number of alkyl halides is 1. The second-order valence-corrected chi connectivity index (χ2v) is 4.18. The number of rotatable bonds is 5. The largest absolute Gasteiger partial charge is 0.479 e. The SMILES string of the molecule is O=C(O)C(OCCCl)c1ccc(Br)c(F)c1. The van der Waals surface area contributed by atoms with E-state index < -0.39 is 17.9 Å². The minimum atomic E-state index is -1.19. The molecule has 1 rings (SSSR count). The van der Waals surface area contributed by atoms with Gasteiger partial charge in [0, 0.05) is 5.88 Å². The van der Waals surface area contributed by atoms with Gasteiger partial charge in [-0.25, -0.2) is 9.18 Å². The van der Waals surface area contributed by atoms with Gasteiger partial charge >= 0.3 is 5.97 Å². The van der Waals surface area contributed by atoms with Crippen molar-refractivity contribution in [3.8, 4) is 0 Å². The number of hydrogen-bond donors (Lipinski definition) is 1. The summed E-state index contributed by atoms with van der Waals surface area (Å²) in [4.78, 5) is 10.9. The maximum Gasteiger partial charge on any atom is 0.337 e. The molecule has 0 heterocycles. The molecule has 88 valence electrons. The Balaban J connectivity index is 2.92. The van der Waals surface area contributed by atoms with Crippen LogP contribution in [0.2, 0.25) is 0 Å². The molecule has 0 fully saturated rings. The zero-order valence-electron chi connectivity index (χ0n) is 8.12. The lowest BCUT2D eigenvalue weighted by Crippen LogP contribution is -2.16. The molecule has 1 aromatic carbocycles. The number of halogens is 3. The van der Waals surface area contributed by atoms with E-state index >= 15 is 0 Å². The van der Waals surface area contributed by atoms with E-state index in [4.69, 9.17) is 21.4 Å². The Labute approximate surface area is 105 Å². The van der Waals surface area contributed by atoms with Crippen LogP contribution in [0.3, 0.4) is 0 Å². The van der Waals surface area contributed by atoms with Crippen molar-refractivity contribution < 1.29 is 19.0 Å². The first-order valence-corrected chi connectivity index (χ1v) is 5.74. The van der Waals surface area contributed by atoms with Gasteiger partial charge in [-0.2, -0.15) is 0 Å². The summed E-state index contributed by atoms with van der Waals surface area (Å²) in [5, 5.41) is 8.91. The summed E-state index contributed by atoms with van der Waals surface area (Å²) >= 11 is 8.38. The molecule has 1 aromatic rings. The molecule has 0 saturated heterocycles. The first kappa shape index (κ1) is 13.4. The molecule has 0 bridgehead atoms. The van der Waals surface area contributed by atoms with Crippen LogP contribution in [0.25, 0.3) is 0 Å². The number of aliphatic carboxylic acids is 1. The third kappa shape index (κ3) is 3.43. The molecule has 1 atom stereocenters. The van der Waals surface area contributed by atoms with Crippen molar-refractivity contribution >= 4 is 33.5 Å². The van der Waals surface area contributed by atoms with Gasteiger partial charge in [0.15, 0.2) is 6.10 Å². The third-order valence-electron chi connectivity index (χ3n) is 1.83. The monoisotopic (exact) mass is 310 g/mol. The van der Waals surface area contributed by atoms with Crippen LogP contribution in [0.1, 0.15) is 11.7 Å². The zero-order valence-corrected chi connectivity index (χ0v) is 10.5. The van der Waals surface area contributed by atoms with Gasteiger partial charge in [-0.15, -0.1) is 11.6 Å². The number of carboxylic acid groups (broad SMARTS) is 1. The molecule has 16 heavy (non-hydrogen) atoms. The fourth-order valence-electron chi connectivity index (χ4n) is 1.15. The van der Waals surface area contributed by atoms with Gasteiger partial charge in [0.2, 0.25) is 0 Å². The fraction of sp³-hybridized carbons (Fsp3) is 0.300. The van der Waals surface area contributed by atoms with Crippen LogP contribution in [0, 0.1) is 5.82 Å². The van der Waals surface area contributed by atoms with Crippen molar-refractivity contribution in [1.29, 1.82) is 0 Å². The third-order valence-corrected chi connectivity index (χ3v) is 2.63. The van der Waals surface area contributed by atoms with Crippen molar-refractivity contribution in [2.45, 2.75) is 6.10 Å². The Kier molecular flexibility index (Phi) is 5.18. The highest BCUT2D eigenvalue weighted by molar-refractivity contribution is 9.10. The predicted octanol–water partition coefficient (Wildman–Crippen LogP) is 2.97. The number of benzene rings is 1. The maximum atomic E-state index is 13.2. The lowest BCUT2D eigenvalue weighted by Gasteiger charge is -2.13. The van der Waals surface area contributed by atoms with Crippen LogP contribution in [-0.4, -0.2) is 23.6 Å². The summed E-state index contributed by atoms with van der Waals surface area (Å²) in [6.07, 6.45) is -1.19. The minimum Gasteiger partial charge on any atom is -0.479 e. The van der Waals surface area contributed by atoms with Crippen molar-refractivity contribution in [1.82, 2.24) is 0 Å². The molecule has 0 aliphatic rings. The molecule has 3 nitrogen and oxygen atoms in total. The molecule has 0 radical (unpaired) electrons. The summed E-state index contributed by atoms with van der Waals surface area (Å²) in [6.45, 7) is 0.0935. The maximum absolute atomic E-state index is 13.2. The minimum absolute atomic E-state index is 0.0935. The summed E-state index contributed by atoms with van der Waals surface area (Å²) in [7, 11) is 0. The van der Waals surface area contributed by atoms with Gasteiger partial charge in [0.1, 0.15) is 5.82 Å². The van der Waals surface area contributed by atoms with Crippen LogP contribution < -0.4 is 0 Å². The molecule has 1 N–H and O–H groups in total. The number of carbonyl (C=O) groups is 1. The van der Waals surface area contributed by atoms with Crippen LogP contribution in [-0.2, 0) is 9.53 Å². The first-order chi connectivity index (χ1) is 7.56. The lowest BCUT2D eigenvalue weighted by atomic mass is 10.1. The van der Waals surface area contributed by atoms with Crippen molar-refractivity contribution in [3.63, 3.8) is 0 Å². The van der Waals surface area contributed by atoms with Crippen LogP contribution in [0.4, 0.5) is 4.39 Å². The van der Waals surface area contributed by atoms with Crippen molar-refractivity contribution in [2.75, 3.05) is 12.5 Å². The molecular formula is C10H9BrClFO3. The van der Waals surface area contributed by atoms with Gasteiger partial charge in [-0.05, 0) is 33.6 Å². The van der Waals surface area contributed by atoms with E-state index in [0.29, 0.717) is 0 Å². The smallest absolute Gasteiger partial charge is 0.337 e. The average Bonchev–Trinajstić information content (AvgIpc) is 2.23. The number of carboxylic acids is 1. The Morgan fingerprint density at radius 1 is 1.62 bits per heavy atom. The molecule has 0 aliphatic heterocycles. The zero-order chi connectivity index (χ0) is 12.1. The second kappa shape index (κ2) is 6.18. The Morgan fingerprint density at radius 3 is 2.81 bits per heavy atom. The van der Waals surface area contributed by atoms with Crippen molar-refractivity contribution in [2.24, 2.45) is 0 Å². The van der Waals surface area contributed by atoms with E-state index in [9.17, 15) is 9.18 Å². The van der Waals surface area contributed by atoms with Crippen LogP contribution in [0.15, 0.2) is 22.7 Å². The van der Waals surface area contributed by atoms with Crippen molar-refractivity contribution in [3.05, 3.63) is 34.1 Å². The average molecular weight is 312 g/mol. The summed E-state index contributed by atoms with van der Waals surface area (Å²) in [6, 6.07) is 4.04. The van der Waals surface area contributed by atoms with Crippen LogP contribution in [0.5, 0.6) is 0 Å². The van der Waals surface area contributed by atoms with Gasteiger partial charge < -0.3 is 9.84 Å². The highest BCUT2D eigenvalue weighted by atomic mass is 79.9. The second-order valence-electron chi connectivity index (χ2n) is 2.95. The van der Waals surface area contributed by atoms with Gasteiger partial charge in [0.05, 0.1) is 11.1 Å². The predicted molar refractivity (Wildman–Crippen MR) is 61.1 cm³/mol. The summed E-state index contributed by atoms with van der Waals surface area (Å²) < 4.78 is 18.5. The molecule has 0 spiro atoms. The van der Waals surface area contributed by atoms with Crippen LogP contribution >= 0.6 is 27.5 Å². The van der Waals surface area contributed by atoms with E-state index in [1.165, 1.54) is 12.1 Å². The van der Waals surface area contributed by atoms with E-state index in [2.05, 4.69) is 15.9 Å². The molecule has 0 aliphatic carbocycles. The fourth-order valence-corrected chi connectivity index (χ4v) is 1.48. The van der Waals surface area contributed by atoms with Gasteiger partial charge in [0.25, 0.3) is 0 Å². The molecule has 1 unspecified atom stereocenters. The summed E-state index contributed by atoms with van der Waals surface area (Å²) in [5.41, 5.74) is 0.248. The van der Waals surface area contributed by atoms with Gasteiger partial charge in [-0.3, -0.25) is 0 Å². The van der Waals surface area contributed by atoms with E-state index in [1.807, 2.05) is 0 Å². The number of hydrogen-bond acceptors (Lipinski definition) is 2. The molecular weight excluding hydrogens is 302 g/mol. The Hall–Kier alpha value is -0.650. The Morgan fingerprint density at radius 2 is 2.31 bits per heavy atom. The molecule has 0 aromatic heterocycles. The quantitative estimate of drug-likeness (QED) is 0.850. The number of ether oxygens (including phenoxy) is 1. The standard InChI is InChI=1S/C10H9BrClFO3/c11-7-2-1-6(5-8(7)13)9(10(14)15)16-4-3-12/h1-2,5,9H,3-4H2,(H,14,15). The van der Waals surface area contributed by atoms with E-state index in [-0.39, 0.29) is 22.5 Å². The molecule has 0 saturated carbocycles. The van der Waals surface area contributed by atoms with E-state index in [1.54, 1.807) is 0 Å². The molecule has 6 heteroatoms. The Bertz CT molecular complexity index is 386. The van der Waals surface area contributed by atoms with Gasteiger partial charge in [-0.1, -0.05) is 6.07 Å².